The summed E-state index contributed by atoms with van der Waals surface area (Å²) in [5.41, 5.74) is 3.04. The average molecular weight is 525 g/mol. The molecule has 0 N–H and O–H groups in total. The molecule has 36 heavy (non-hydrogen) atoms. The molecule has 0 aliphatic heterocycles. The van der Waals surface area contributed by atoms with Crippen LogP contribution >= 0.6 is 23.2 Å². The van der Waals surface area contributed by atoms with Crippen LogP contribution in [0, 0.1) is 6.92 Å². The third-order valence-corrected chi connectivity index (χ3v) is 6.03. The molecular weight excluding hydrogens is 508 g/mol. The van der Waals surface area contributed by atoms with Gasteiger partial charge in [-0.2, -0.15) is 23.0 Å². The van der Waals surface area contributed by atoms with E-state index < -0.39 is 11.9 Å². The second kappa shape index (κ2) is 9.41. The summed E-state index contributed by atoms with van der Waals surface area (Å²) in [4.78, 5) is 8.34. The predicted molar refractivity (Wildman–Crippen MR) is 135 cm³/mol. The van der Waals surface area contributed by atoms with Gasteiger partial charge in [0.2, 0.25) is 0 Å². The highest BCUT2D eigenvalue weighted by atomic mass is 35.5. The lowest BCUT2D eigenvalue weighted by Gasteiger charge is -2.12. The van der Waals surface area contributed by atoms with E-state index in [2.05, 4.69) is 15.1 Å². The van der Waals surface area contributed by atoms with Gasteiger partial charge in [0.05, 0.1) is 17.1 Å². The van der Waals surface area contributed by atoms with Crippen LogP contribution in [0.15, 0.2) is 84.9 Å². The molecule has 4 nitrogen and oxygen atoms in total. The number of aryl methyl sites for hydroxylation is 1. The Bertz CT molecular complexity index is 1530. The highest BCUT2D eigenvalue weighted by Gasteiger charge is 2.34. The topological polar surface area (TPSA) is 43.6 Å². The molecule has 2 aromatic heterocycles. The fourth-order valence-electron chi connectivity index (χ4n) is 3.67. The Morgan fingerprint density at radius 3 is 1.78 bits per heavy atom. The zero-order valence-corrected chi connectivity index (χ0v) is 20.3. The second-order valence-corrected chi connectivity index (χ2v) is 9.02. The number of nitrogens with zero attached hydrogens (tertiary/aromatic N) is 4. The van der Waals surface area contributed by atoms with Crippen LogP contribution in [-0.4, -0.2) is 19.7 Å². The summed E-state index contributed by atoms with van der Waals surface area (Å²) < 4.78 is 42.9. The van der Waals surface area contributed by atoms with Gasteiger partial charge in [-0.1, -0.05) is 77.3 Å². The maximum atomic E-state index is 13.9. The van der Waals surface area contributed by atoms with E-state index in [1.807, 2.05) is 19.1 Å². The maximum absolute atomic E-state index is 13.9. The first-order valence-corrected chi connectivity index (χ1v) is 11.6. The minimum atomic E-state index is -4.68. The van der Waals surface area contributed by atoms with Crippen molar-refractivity contribution in [2.45, 2.75) is 13.1 Å². The molecule has 0 aliphatic carbocycles. The van der Waals surface area contributed by atoms with Gasteiger partial charge in [-0.3, -0.25) is 0 Å². The van der Waals surface area contributed by atoms with E-state index in [-0.39, 0.29) is 11.6 Å². The summed E-state index contributed by atoms with van der Waals surface area (Å²) in [6.07, 6.45) is -4.68. The Morgan fingerprint density at radius 2 is 1.19 bits per heavy atom. The fourth-order valence-corrected chi connectivity index (χ4v) is 3.92. The molecule has 0 atom stereocenters. The smallest absolute Gasteiger partial charge is 0.211 e. The molecule has 0 radical (unpaired) electrons. The van der Waals surface area contributed by atoms with Crippen molar-refractivity contribution >= 4 is 23.2 Å². The summed E-state index contributed by atoms with van der Waals surface area (Å²) in [6, 6.07) is 23.7. The molecule has 180 valence electrons. The van der Waals surface area contributed by atoms with E-state index >= 15 is 0 Å². The van der Waals surface area contributed by atoms with Crippen molar-refractivity contribution in [1.29, 1.82) is 0 Å². The molecule has 0 aliphatic rings. The minimum Gasteiger partial charge on any atom is -0.211 e. The molecule has 0 spiro atoms. The molecule has 0 fully saturated rings. The quantitative estimate of drug-likeness (QED) is 0.237. The molecule has 0 unspecified atom stereocenters. The van der Waals surface area contributed by atoms with Crippen molar-refractivity contribution < 1.29 is 13.2 Å². The average Bonchev–Trinajstić information content (AvgIpc) is 3.30. The van der Waals surface area contributed by atoms with E-state index in [1.165, 1.54) is 4.68 Å². The second-order valence-electron chi connectivity index (χ2n) is 8.14. The molecule has 3 aromatic carbocycles. The fraction of sp³-hybridized carbons (Fsp3) is 0.0741. The maximum Gasteiger partial charge on any atom is 0.433 e. The van der Waals surface area contributed by atoms with Gasteiger partial charge in [0.1, 0.15) is 0 Å². The van der Waals surface area contributed by atoms with Crippen LogP contribution in [0.3, 0.4) is 0 Å². The number of alkyl halides is 3. The number of benzene rings is 3. The molecular formula is C27H17Cl2F3N4. The number of hydrogen-bond acceptors (Lipinski definition) is 3. The van der Waals surface area contributed by atoms with E-state index in [9.17, 15) is 13.2 Å². The monoisotopic (exact) mass is 524 g/mol. The molecule has 0 saturated carbocycles. The van der Waals surface area contributed by atoms with Crippen molar-refractivity contribution in [1.82, 2.24) is 19.7 Å². The van der Waals surface area contributed by atoms with E-state index in [4.69, 9.17) is 23.2 Å². The van der Waals surface area contributed by atoms with Gasteiger partial charge < -0.3 is 0 Å². The van der Waals surface area contributed by atoms with E-state index in [1.54, 1.807) is 66.7 Å². The summed E-state index contributed by atoms with van der Waals surface area (Å²) in [7, 11) is 0. The van der Waals surface area contributed by atoms with Crippen LogP contribution in [-0.2, 0) is 6.18 Å². The number of halogens is 5. The zero-order valence-electron chi connectivity index (χ0n) is 18.8. The van der Waals surface area contributed by atoms with Gasteiger partial charge in [0, 0.05) is 26.7 Å². The molecule has 0 bridgehead atoms. The number of rotatable bonds is 4. The Hall–Kier alpha value is -3.68. The van der Waals surface area contributed by atoms with Crippen molar-refractivity contribution in [3.8, 4) is 39.7 Å². The molecule has 0 amide bonds. The van der Waals surface area contributed by atoms with Crippen LogP contribution in [0.4, 0.5) is 13.2 Å². The van der Waals surface area contributed by atoms with Crippen LogP contribution < -0.4 is 0 Å². The largest absolute Gasteiger partial charge is 0.433 e. The molecule has 5 aromatic rings. The Morgan fingerprint density at radius 1 is 0.667 bits per heavy atom. The van der Waals surface area contributed by atoms with Crippen molar-refractivity contribution in [3.63, 3.8) is 0 Å². The number of hydrogen-bond donors (Lipinski definition) is 0. The van der Waals surface area contributed by atoms with Crippen LogP contribution in [0.1, 0.15) is 11.3 Å². The summed E-state index contributed by atoms with van der Waals surface area (Å²) in [5.74, 6) is -0.203. The summed E-state index contributed by atoms with van der Waals surface area (Å²) in [6.45, 7) is 1.90. The third-order valence-electron chi connectivity index (χ3n) is 5.53. The Kier molecular flexibility index (Phi) is 6.28. The van der Waals surface area contributed by atoms with E-state index in [0.29, 0.717) is 32.6 Å². The SMILES string of the molecule is Cc1ccc(-c2cc(C(F)(F)F)nc(-n3nc(-c4ccc(Cl)cc4)cc3-c3ccc(Cl)cc3)n2)cc1. The van der Waals surface area contributed by atoms with Crippen molar-refractivity contribution in [2.75, 3.05) is 0 Å². The van der Waals surface area contributed by atoms with Gasteiger partial charge in [0.25, 0.3) is 5.95 Å². The van der Waals surface area contributed by atoms with Crippen molar-refractivity contribution in [2.24, 2.45) is 0 Å². The Balaban J connectivity index is 1.74. The Labute approximate surface area is 215 Å². The standard InChI is InChI=1S/C27H17Cl2F3N4/c1-16-2-4-17(5-3-16)22-15-25(27(30,31)32)34-26(33-22)36-24(19-8-12-21(29)13-9-19)14-23(35-36)18-6-10-20(28)11-7-18/h2-15H,1H3. The van der Waals surface area contributed by atoms with Gasteiger partial charge in [0.15, 0.2) is 5.69 Å². The van der Waals surface area contributed by atoms with Crippen LogP contribution in [0.5, 0.6) is 0 Å². The first-order valence-electron chi connectivity index (χ1n) is 10.8. The molecule has 5 rings (SSSR count). The van der Waals surface area contributed by atoms with Gasteiger partial charge >= 0.3 is 6.18 Å². The molecule has 2 heterocycles. The summed E-state index contributed by atoms with van der Waals surface area (Å²) in [5, 5.41) is 5.68. The molecule has 0 saturated heterocycles. The first kappa shape index (κ1) is 24.0. The molecule has 9 heteroatoms. The zero-order chi connectivity index (χ0) is 25.4. The predicted octanol–water partition coefficient (Wildman–Crippen LogP) is 8.30. The lowest BCUT2D eigenvalue weighted by atomic mass is 10.1. The van der Waals surface area contributed by atoms with Gasteiger partial charge in [-0.05, 0) is 43.3 Å². The van der Waals surface area contributed by atoms with Gasteiger partial charge in [-0.25, -0.2) is 9.97 Å². The first-order chi connectivity index (χ1) is 17.2. The summed E-state index contributed by atoms with van der Waals surface area (Å²) >= 11 is 12.1. The van der Waals surface area contributed by atoms with E-state index in [0.717, 1.165) is 17.2 Å². The van der Waals surface area contributed by atoms with Crippen LogP contribution in [0.25, 0.3) is 39.7 Å². The lowest BCUT2D eigenvalue weighted by molar-refractivity contribution is -0.141. The van der Waals surface area contributed by atoms with Gasteiger partial charge in [-0.15, -0.1) is 0 Å². The highest BCUT2D eigenvalue weighted by Crippen LogP contribution is 2.33. The minimum absolute atomic E-state index is 0.137. The third kappa shape index (κ3) is 4.98. The lowest BCUT2D eigenvalue weighted by Crippen LogP contribution is -2.14. The van der Waals surface area contributed by atoms with Crippen LogP contribution in [0.2, 0.25) is 10.0 Å². The van der Waals surface area contributed by atoms with Crippen molar-refractivity contribution in [3.05, 3.63) is 106 Å². The highest BCUT2D eigenvalue weighted by molar-refractivity contribution is 6.30. The normalized spacial score (nSPS) is 11.6. The number of aromatic nitrogens is 4.